The van der Waals surface area contributed by atoms with Gasteiger partial charge in [-0.15, -0.1) is 0 Å². The summed E-state index contributed by atoms with van der Waals surface area (Å²) in [6.07, 6.45) is 0. The van der Waals surface area contributed by atoms with E-state index >= 15 is 0 Å². The SMILES string of the molecule is CC(C)(C(=O)O)N(c1ccc(C#N)cc1)/[N+]([O-])=N/O. The molecular weight excluding hydrogens is 252 g/mol. The van der Waals surface area contributed by atoms with Crippen LogP contribution >= 0.6 is 0 Å². The van der Waals surface area contributed by atoms with E-state index in [0.717, 1.165) is 5.01 Å². The van der Waals surface area contributed by atoms with Crippen LogP contribution in [0.3, 0.4) is 0 Å². The van der Waals surface area contributed by atoms with Crippen LogP contribution in [0.4, 0.5) is 5.69 Å². The van der Waals surface area contributed by atoms with Gasteiger partial charge in [0.1, 0.15) is 5.69 Å². The number of nitriles is 1. The number of rotatable bonds is 4. The molecule has 0 atom stereocenters. The second-order valence-corrected chi connectivity index (χ2v) is 4.18. The Morgan fingerprint density at radius 1 is 1.47 bits per heavy atom. The molecule has 8 nitrogen and oxygen atoms in total. The maximum absolute atomic E-state index is 11.5. The quantitative estimate of drug-likeness (QED) is 0.482. The second kappa shape index (κ2) is 5.22. The van der Waals surface area contributed by atoms with Crippen molar-refractivity contribution in [3.8, 4) is 6.07 Å². The van der Waals surface area contributed by atoms with Crippen LogP contribution in [-0.2, 0) is 4.79 Å². The van der Waals surface area contributed by atoms with Crippen LogP contribution in [0, 0.1) is 16.5 Å². The van der Waals surface area contributed by atoms with E-state index in [-0.39, 0.29) is 10.7 Å². The van der Waals surface area contributed by atoms with Crippen LogP contribution < -0.4 is 5.01 Å². The molecule has 0 radical (unpaired) electrons. The van der Waals surface area contributed by atoms with Gasteiger partial charge >= 0.3 is 5.97 Å². The van der Waals surface area contributed by atoms with Crippen LogP contribution in [0.5, 0.6) is 0 Å². The van der Waals surface area contributed by atoms with Crippen molar-refractivity contribution < 1.29 is 20.1 Å². The summed E-state index contributed by atoms with van der Waals surface area (Å²) in [6, 6.07) is 7.52. The highest BCUT2D eigenvalue weighted by molar-refractivity contribution is 5.81. The molecule has 1 rings (SSSR count). The average molecular weight is 264 g/mol. The third kappa shape index (κ3) is 2.71. The van der Waals surface area contributed by atoms with Crippen LogP contribution in [0.1, 0.15) is 19.4 Å². The third-order valence-corrected chi connectivity index (χ3v) is 2.54. The molecule has 0 spiro atoms. The summed E-state index contributed by atoms with van der Waals surface area (Å²) in [5.74, 6) is -1.28. The summed E-state index contributed by atoms with van der Waals surface area (Å²) < 4.78 is 0. The number of anilines is 1. The van der Waals surface area contributed by atoms with Gasteiger partial charge in [-0.25, -0.2) is 4.79 Å². The molecule has 0 aliphatic rings. The van der Waals surface area contributed by atoms with Gasteiger partial charge in [0.15, 0.2) is 5.54 Å². The minimum Gasteiger partial charge on any atom is -0.569 e. The Balaban J connectivity index is 3.33. The number of aliphatic carboxylic acids is 1. The summed E-state index contributed by atoms with van der Waals surface area (Å²) in [7, 11) is 0. The van der Waals surface area contributed by atoms with Crippen LogP contribution in [0.2, 0.25) is 0 Å². The summed E-state index contributed by atoms with van der Waals surface area (Å²) >= 11 is 0. The monoisotopic (exact) mass is 264 g/mol. The lowest BCUT2D eigenvalue weighted by Gasteiger charge is -2.29. The predicted molar refractivity (Wildman–Crippen MR) is 63.2 cm³/mol. The Hall–Kier alpha value is -2.82. The zero-order valence-electron chi connectivity index (χ0n) is 10.3. The fraction of sp³-hybridized carbons (Fsp3) is 0.273. The van der Waals surface area contributed by atoms with Gasteiger partial charge in [0, 0.05) is 0 Å². The van der Waals surface area contributed by atoms with E-state index in [0.29, 0.717) is 5.56 Å². The molecule has 0 fully saturated rings. The van der Waals surface area contributed by atoms with E-state index in [4.69, 9.17) is 15.6 Å². The predicted octanol–water partition coefficient (Wildman–Crippen LogP) is 1.49. The van der Waals surface area contributed by atoms with Crippen molar-refractivity contribution in [3.63, 3.8) is 0 Å². The molecule has 100 valence electrons. The van der Waals surface area contributed by atoms with E-state index < -0.39 is 11.5 Å². The second-order valence-electron chi connectivity index (χ2n) is 4.18. The van der Waals surface area contributed by atoms with Gasteiger partial charge in [-0.1, -0.05) is 5.01 Å². The lowest BCUT2D eigenvalue weighted by atomic mass is 10.0. The average Bonchev–Trinajstić information content (AvgIpc) is 2.39. The number of hydrogen-bond donors (Lipinski definition) is 2. The van der Waals surface area contributed by atoms with Gasteiger partial charge in [0.2, 0.25) is 5.28 Å². The highest BCUT2D eigenvalue weighted by atomic mass is 16.6. The Morgan fingerprint density at radius 2 is 2.00 bits per heavy atom. The number of hydrogen-bond acceptors (Lipinski definition) is 4. The van der Waals surface area contributed by atoms with E-state index in [2.05, 4.69) is 5.28 Å². The Labute approximate surface area is 108 Å². The molecule has 19 heavy (non-hydrogen) atoms. The first-order chi connectivity index (χ1) is 8.84. The Morgan fingerprint density at radius 3 is 2.37 bits per heavy atom. The number of nitrogens with zero attached hydrogens (tertiary/aromatic N) is 4. The minimum absolute atomic E-state index is 0.180. The van der Waals surface area contributed by atoms with E-state index in [1.165, 1.54) is 38.1 Å². The van der Waals surface area contributed by atoms with Crippen molar-refractivity contribution in [3.05, 3.63) is 35.0 Å². The molecule has 0 bridgehead atoms. The van der Waals surface area contributed by atoms with Crippen LogP contribution in [0.25, 0.3) is 0 Å². The molecule has 8 heteroatoms. The Bertz CT molecular complexity index is 545. The van der Waals surface area contributed by atoms with E-state index in [9.17, 15) is 10.0 Å². The highest BCUT2D eigenvalue weighted by Crippen LogP contribution is 2.25. The number of benzene rings is 1. The van der Waals surface area contributed by atoms with Crippen molar-refractivity contribution in [1.82, 2.24) is 0 Å². The summed E-state index contributed by atoms with van der Waals surface area (Å²) in [5.41, 5.74) is -1.10. The molecule has 0 amide bonds. The van der Waals surface area contributed by atoms with Crippen molar-refractivity contribution >= 4 is 11.7 Å². The standard InChI is InChI=1S/C11H12N4O4/c1-11(2,10(16)17)14(15(19)13-18)9-5-3-8(7-12)4-6-9/h3-6,18H,1-2H3,(H,16,17)/b15-13-. The molecule has 0 aromatic heterocycles. The maximum Gasteiger partial charge on any atom is 0.335 e. The van der Waals surface area contributed by atoms with E-state index in [1.54, 1.807) is 0 Å². The highest BCUT2D eigenvalue weighted by Gasteiger charge is 2.42. The molecule has 1 aromatic rings. The van der Waals surface area contributed by atoms with Gasteiger partial charge in [-0.05, 0) is 38.1 Å². The normalized spacial score (nSPS) is 11.7. The lowest BCUT2D eigenvalue weighted by Crippen LogP contribution is -2.53. The summed E-state index contributed by atoms with van der Waals surface area (Å²) in [6.45, 7) is 2.56. The molecule has 0 aliphatic carbocycles. The molecule has 1 aromatic carbocycles. The van der Waals surface area contributed by atoms with Gasteiger partial charge in [-0.3, -0.25) is 0 Å². The van der Waals surface area contributed by atoms with Crippen LogP contribution in [0.15, 0.2) is 29.5 Å². The molecule has 0 saturated heterocycles. The lowest BCUT2D eigenvalue weighted by molar-refractivity contribution is -0.575. The number of carboxylic acid groups (broad SMARTS) is 1. The van der Waals surface area contributed by atoms with E-state index in [1.807, 2.05) is 6.07 Å². The number of hydrazine groups is 1. The number of carbonyl (C=O) groups is 1. The molecular formula is C11H12N4O4. The smallest absolute Gasteiger partial charge is 0.335 e. The first-order valence-corrected chi connectivity index (χ1v) is 5.20. The molecule has 0 aliphatic heterocycles. The van der Waals surface area contributed by atoms with Gasteiger partial charge in [-0.2, -0.15) is 5.26 Å². The molecule has 2 N–H and O–H groups in total. The maximum atomic E-state index is 11.5. The third-order valence-electron chi connectivity index (χ3n) is 2.54. The minimum atomic E-state index is -1.64. The molecule has 0 heterocycles. The van der Waals surface area contributed by atoms with Crippen molar-refractivity contribution in [2.75, 3.05) is 5.01 Å². The van der Waals surface area contributed by atoms with Gasteiger partial charge < -0.3 is 15.5 Å². The van der Waals surface area contributed by atoms with Crippen molar-refractivity contribution in [2.45, 2.75) is 19.4 Å². The molecule has 0 saturated carbocycles. The summed E-state index contributed by atoms with van der Waals surface area (Å²) in [4.78, 5) is 11.0. The molecule has 0 unspecified atom stereocenters. The first kappa shape index (κ1) is 14.2. The Kier molecular flexibility index (Phi) is 3.91. The fourth-order valence-electron chi connectivity index (χ4n) is 1.44. The fourth-order valence-corrected chi connectivity index (χ4v) is 1.44. The van der Waals surface area contributed by atoms with Gasteiger partial charge in [0.05, 0.1) is 16.6 Å². The van der Waals surface area contributed by atoms with Gasteiger partial charge in [0.25, 0.3) is 0 Å². The van der Waals surface area contributed by atoms with Crippen molar-refractivity contribution in [1.29, 1.82) is 5.26 Å². The largest absolute Gasteiger partial charge is 0.569 e. The zero-order chi connectivity index (χ0) is 14.6. The zero-order valence-corrected chi connectivity index (χ0v) is 10.3. The summed E-state index contributed by atoms with van der Waals surface area (Å²) in [5, 5.41) is 41.1. The van der Waals surface area contributed by atoms with Crippen LogP contribution in [-0.4, -0.2) is 26.8 Å². The first-order valence-electron chi connectivity index (χ1n) is 5.20. The van der Waals surface area contributed by atoms with Crippen molar-refractivity contribution in [2.24, 2.45) is 5.28 Å². The number of carboxylic acids is 1. The topological polar surface area (TPSA) is 123 Å².